The Morgan fingerprint density at radius 3 is 2.18 bits per heavy atom. The third-order valence-corrected chi connectivity index (χ3v) is 6.90. The van der Waals surface area contributed by atoms with Gasteiger partial charge in [-0.15, -0.1) is 0 Å². The maximum Gasteiger partial charge on any atom is 0.220 e. The average Bonchev–Trinajstić information content (AvgIpc) is 3.24. The summed E-state index contributed by atoms with van der Waals surface area (Å²) < 4.78 is 2.38. The monoisotopic (exact) mass is 477 g/mol. The number of carbonyl (C=O) groups excluding carboxylic acids is 1. The number of amides is 1. The van der Waals surface area contributed by atoms with Crippen LogP contribution in [-0.2, 0) is 11.3 Å². The summed E-state index contributed by atoms with van der Waals surface area (Å²) in [6.45, 7) is 6.04. The number of hydrogen-bond donors (Lipinski definition) is 1. The Bertz CT molecular complexity index is 985. The van der Waals surface area contributed by atoms with Gasteiger partial charge in [0.05, 0.1) is 11.4 Å². The summed E-state index contributed by atoms with van der Waals surface area (Å²) >= 11 is 1.74. The molecule has 0 unspecified atom stereocenters. The van der Waals surface area contributed by atoms with Crippen molar-refractivity contribution in [3.05, 3.63) is 60.7 Å². The molecular formula is C29H39N3OS. The molecule has 0 aliphatic carbocycles. The van der Waals surface area contributed by atoms with Crippen molar-refractivity contribution in [1.82, 2.24) is 14.9 Å². The maximum atomic E-state index is 12.2. The fourth-order valence-corrected chi connectivity index (χ4v) is 4.94. The van der Waals surface area contributed by atoms with E-state index < -0.39 is 0 Å². The van der Waals surface area contributed by atoms with E-state index in [4.69, 9.17) is 4.98 Å². The highest BCUT2D eigenvalue weighted by Gasteiger charge is 2.20. The highest BCUT2D eigenvalue weighted by Crippen LogP contribution is 2.36. The molecule has 0 aliphatic rings. The minimum atomic E-state index is 0.168. The van der Waals surface area contributed by atoms with Crippen LogP contribution in [0, 0.1) is 0 Å². The molecule has 0 atom stereocenters. The van der Waals surface area contributed by atoms with Gasteiger partial charge in [0.25, 0.3) is 0 Å². The first kappa shape index (κ1) is 26.1. The number of aromatic nitrogens is 2. The summed E-state index contributed by atoms with van der Waals surface area (Å²) in [7, 11) is 0. The molecular weight excluding hydrogens is 438 g/mol. The molecule has 1 aromatic heterocycles. The number of unbranched alkanes of at least 4 members (excludes halogenated alkanes) is 5. The SMILES string of the molecule is CCCCCCCC(=O)NCCSc1nc(-c2ccccc2)c(-c2ccccc2)n1CCCC. The molecule has 4 nitrogen and oxygen atoms in total. The number of thioether (sulfide) groups is 1. The molecule has 0 spiro atoms. The fraction of sp³-hybridized carbons (Fsp3) is 0.448. The van der Waals surface area contributed by atoms with E-state index in [0.29, 0.717) is 13.0 Å². The molecule has 0 saturated heterocycles. The van der Waals surface area contributed by atoms with Crippen molar-refractivity contribution in [1.29, 1.82) is 0 Å². The normalized spacial score (nSPS) is 11.0. The van der Waals surface area contributed by atoms with Crippen LogP contribution in [0.1, 0.15) is 65.2 Å². The standard InChI is InChI=1S/C29H39N3OS/c1-3-5-7-8-15-20-26(33)30-21-23-34-29-31-27(24-16-11-9-12-17-24)28(32(29)22-6-4-2)25-18-13-10-14-19-25/h9-14,16-19H,3-8,15,20-23H2,1-2H3,(H,30,33). The fourth-order valence-electron chi connectivity index (χ4n) is 4.06. The van der Waals surface area contributed by atoms with Crippen LogP contribution in [-0.4, -0.2) is 27.8 Å². The summed E-state index contributed by atoms with van der Waals surface area (Å²) in [5.41, 5.74) is 4.53. The Labute approximate surface area is 209 Å². The second kappa shape index (κ2) is 14.7. The quantitative estimate of drug-likeness (QED) is 0.181. The lowest BCUT2D eigenvalue weighted by Gasteiger charge is -2.13. The van der Waals surface area contributed by atoms with Gasteiger partial charge in [-0.25, -0.2) is 4.98 Å². The molecule has 3 aromatic rings. The summed E-state index contributed by atoms with van der Waals surface area (Å²) in [5.74, 6) is 0.981. The number of nitrogens with one attached hydrogen (secondary N) is 1. The minimum Gasteiger partial charge on any atom is -0.355 e. The number of imidazole rings is 1. The van der Waals surface area contributed by atoms with E-state index in [2.05, 4.69) is 78.3 Å². The molecule has 0 aliphatic heterocycles. The van der Waals surface area contributed by atoms with Crippen molar-refractivity contribution >= 4 is 17.7 Å². The summed E-state index contributed by atoms with van der Waals surface area (Å²) in [6.07, 6.45) is 8.73. The van der Waals surface area contributed by atoms with Gasteiger partial charge in [0.1, 0.15) is 0 Å². The van der Waals surface area contributed by atoms with Gasteiger partial charge < -0.3 is 9.88 Å². The van der Waals surface area contributed by atoms with Gasteiger partial charge in [-0.05, 0) is 12.8 Å². The van der Waals surface area contributed by atoms with Crippen LogP contribution in [0.5, 0.6) is 0 Å². The number of nitrogens with zero attached hydrogens (tertiary/aromatic N) is 2. The number of carbonyl (C=O) groups is 1. The predicted octanol–water partition coefficient (Wildman–Crippen LogP) is 7.59. The first-order chi connectivity index (χ1) is 16.7. The highest BCUT2D eigenvalue weighted by molar-refractivity contribution is 7.99. The summed E-state index contributed by atoms with van der Waals surface area (Å²) in [6, 6.07) is 21.0. The van der Waals surface area contributed by atoms with Gasteiger partial charge >= 0.3 is 0 Å². The van der Waals surface area contributed by atoms with E-state index in [1.165, 1.54) is 30.5 Å². The third kappa shape index (κ3) is 7.76. The van der Waals surface area contributed by atoms with Crippen LogP contribution in [0.3, 0.4) is 0 Å². The highest BCUT2D eigenvalue weighted by atomic mass is 32.2. The van der Waals surface area contributed by atoms with Gasteiger partial charge in [0, 0.05) is 36.4 Å². The van der Waals surface area contributed by atoms with Crippen molar-refractivity contribution in [2.24, 2.45) is 0 Å². The molecule has 3 rings (SSSR count). The predicted molar refractivity (Wildman–Crippen MR) is 145 cm³/mol. The van der Waals surface area contributed by atoms with Crippen molar-refractivity contribution in [2.45, 2.75) is 76.9 Å². The summed E-state index contributed by atoms with van der Waals surface area (Å²) in [5, 5.41) is 4.12. The van der Waals surface area contributed by atoms with Gasteiger partial charge in [-0.1, -0.05) is 118 Å². The van der Waals surface area contributed by atoms with Crippen LogP contribution in [0.2, 0.25) is 0 Å². The first-order valence-corrected chi connectivity index (χ1v) is 13.8. The Kier molecular flexibility index (Phi) is 11.3. The lowest BCUT2D eigenvalue weighted by Crippen LogP contribution is -2.25. The van der Waals surface area contributed by atoms with E-state index in [1.54, 1.807) is 11.8 Å². The molecule has 34 heavy (non-hydrogen) atoms. The summed E-state index contributed by atoms with van der Waals surface area (Å²) in [4.78, 5) is 17.3. The molecule has 182 valence electrons. The van der Waals surface area contributed by atoms with Crippen molar-refractivity contribution in [3.8, 4) is 22.5 Å². The second-order valence-electron chi connectivity index (χ2n) is 8.69. The van der Waals surface area contributed by atoms with Crippen LogP contribution in [0.15, 0.2) is 65.8 Å². The Balaban J connectivity index is 1.71. The largest absolute Gasteiger partial charge is 0.355 e. The van der Waals surface area contributed by atoms with Crippen molar-refractivity contribution < 1.29 is 4.79 Å². The Morgan fingerprint density at radius 2 is 1.50 bits per heavy atom. The van der Waals surface area contributed by atoms with Crippen LogP contribution >= 0.6 is 11.8 Å². The molecule has 1 amide bonds. The molecule has 0 fully saturated rings. The molecule has 5 heteroatoms. The smallest absolute Gasteiger partial charge is 0.220 e. The molecule has 0 radical (unpaired) electrons. The zero-order valence-electron chi connectivity index (χ0n) is 20.8. The van der Waals surface area contributed by atoms with E-state index in [-0.39, 0.29) is 5.91 Å². The van der Waals surface area contributed by atoms with E-state index >= 15 is 0 Å². The molecule has 1 heterocycles. The minimum absolute atomic E-state index is 0.168. The van der Waals surface area contributed by atoms with Crippen LogP contribution in [0.25, 0.3) is 22.5 Å². The first-order valence-electron chi connectivity index (χ1n) is 12.9. The second-order valence-corrected chi connectivity index (χ2v) is 9.75. The third-order valence-electron chi connectivity index (χ3n) is 5.93. The van der Waals surface area contributed by atoms with Crippen molar-refractivity contribution in [3.63, 3.8) is 0 Å². The van der Waals surface area contributed by atoms with E-state index in [0.717, 1.165) is 54.4 Å². The lowest BCUT2D eigenvalue weighted by molar-refractivity contribution is -0.121. The number of hydrogen-bond acceptors (Lipinski definition) is 3. The van der Waals surface area contributed by atoms with Gasteiger partial charge in [0.15, 0.2) is 5.16 Å². The Morgan fingerprint density at radius 1 is 0.853 bits per heavy atom. The molecule has 0 saturated carbocycles. The number of benzene rings is 2. The average molecular weight is 478 g/mol. The molecule has 0 bridgehead atoms. The van der Waals surface area contributed by atoms with Crippen molar-refractivity contribution in [2.75, 3.05) is 12.3 Å². The van der Waals surface area contributed by atoms with Crippen LogP contribution in [0.4, 0.5) is 0 Å². The molecule has 2 aromatic carbocycles. The van der Waals surface area contributed by atoms with Gasteiger partial charge in [-0.2, -0.15) is 0 Å². The Hall–Kier alpha value is -2.53. The zero-order valence-corrected chi connectivity index (χ0v) is 21.6. The maximum absolute atomic E-state index is 12.2. The topological polar surface area (TPSA) is 46.9 Å². The van der Waals surface area contributed by atoms with Crippen LogP contribution < -0.4 is 5.32 Å². The van der Waals surface area contributed by atoms with E-state index in [9.17, 15) is 4.79 Å². The zero-order chi connectivity index (χ0) is 24.0. The molecule has 1 N–H and O–H groups in total. The lowest BCUT2D eigenvalue weighted by atomic mass is 10.0. The van der Waals surface area contributed by atoms with Gasteiger partial charge in [-0.3, -0.25) is 4.79 Å². The van der Waals surface area contributed by atoms with Gasteiger partial charge in [0.2, 0.25) is 5.91 Å². The number of rotatable bonds is 15. The van der Waals surface area contributed by atoms with E-state index in [1.807, 2.05) is 6.07 Å².